The highest BCUT2D eigenvalue weighted by molar-refractivity contribution is 4.92. The summed E-state index contributed by atoms with van der Waals surface area (Å²) in [7, 11) is 0. The van der Waals surface area contributed by atoms with Crippen molar-refractivity contribution in [2.24, 2.45) is 5.92 Å². The van der Waals surface area contributed by atoms with E-state index in [1.165, 1.54) is 52.0 Å². The van der Waals surface area contributed by atoms with E-state index in [2.05, 4.69) is 42.8 Å². The Hall–Kier alpha value is -0.120. The zero-order chi connectivity index (χ0) is 13.8. The number of likely N-dealkylation sites (N-methyl/N-ethyl adjacent to an activating group) is 1. The van der Waals surface area contributed by atoms with Gasteiger partial charge in [-0.2, -0.15) is 0 Å². The van der Waals surface area contributed by atoms with Crippen LogP contribution in [0.1, 0.15) is 47.0 Å². The average molecular weight is 267 g/mol. The molecule has 3 heteroatoms. The van der Waals surface area contributed by atoms with Gasteiger partial charge in [-0.15, -0.1) is 0 Å². The zero-order valence-electron chi connectivity index (χ0n) is 13.4. The summed E-state index contributed by atoms with van der Waals surface area (Å²) in [5, 5.41) is 3.76. The first-order valence-electron chi connectivity index (χ1n) is 8.37. The second-order valence-electron chi connectivity index (χ2n) is 6.71. The Morgan fingerprint density at radius 2 is 2.00 bits per heavy atom. The smallest absolute Gasteiger partial charge is 0.0227 e. The molecule has 0 aromatic carbocycles. The van der Waals surface area contributed by atoms with Crippen molar-refractivity contribution < 1.29 is 0 Å². The van der Waals surface area contributed by atoms with Crippen molar-refractivity contribution in [3.8, 4) is 0 Å². The van der Waals surface area contributed by atoms with Crippen molar-refractivity contribution in [1.82, 2.24) is 15.1 Å². The van der Waals surface area contributed by atoms with Crippen molar-refractivity contribution in [3.05, 3.63) is 0 Å². The summed E-state index contributed by atoms with van der Waals surface area (Å²) in [6.45, 7) is 15.6. The van der Waals surface area contributed by atoms with Crippen LogP contribution in [0, 0.1) is 5.92 Å². The summed E-state index contributed by atoms with van der Waals surface area (Å²) in [4.78, 5) is 5.47. The van der Waals surface area contributed by atoms with Crippen LogP contribution in [-0.4, -0.2) is 60.6 Å². The molecule has 0 bridgehead atoms. The van der Waals surface area contributed by atoms with Crippen LogP contribution in [-0.2, 0) is 0 Å². The lowest BCUT2D eigenvalue weighted by Crippen LogP contribution is -2.63. The number of nitrogens with one attached hydrogen (secondary N) is 1. The standard InChI is InChI=1S/C16H33N3/c1-5-14-10-17-16(13(3)4)12-19(14)15-8-7-9-18(6-2)11-15/h13-17H,5-12H2,1-4H3. The Morgan fingerprint density at radius 1 is 1.21 bits per heavy atom. The van der Waals surface area contributed by atoms with Gasteiger partial charge in [0.25, 0.3) is 0 Å². The minimum Gasteiger partial charge on any atom is -0.311 e. The molecule has 2 saturated heterocycles. The van der Waals surface area contributed by atoms with Gasteiger partial charge in [0, 0.05) is 37.8 Å². The molecule has 0 amide bonds. The first-order chi connectivity index (χ1) is 9.15. The number of likely N-dealkylation sites (tertiary alicyclic amines) is 1. The van der Waals surface area contributed by atoms with Gasteiger partial charge < -0.3 is 10.2 Å². The SMILES string of the molecule is CCC1CNC(C(C)C)CN1C1CCCN(CC)C1. The molecule has 2 aliphatic rings. The van der Waals surface area contributed by atoms with Crippen LogP contribution in [0.2, 0.25) is 0 Å². The highest BCUT2D eigenvalue weighted by Gasteiger charge is 2.34. The predicted octanol–water partition coefficient (Wildman–Crippen LogP) is 2.18. The summed E-state index contributed by atoms with van der Waals surface area (Å²) in [6.07, 6.45) is 4.06. The monoisotopic (exact) mass is 267 g/mol. The van der Waals surface area contributed by atoms with Crippen LogP contribution >= 0.6 is 0 Å². The molecular formula is C16H33N3. The van der Waals surface area contributed by atoms with E-state index >= 15 is 0 Å². The molecule has 3 nitrogen and oxygen atoms in total. The Labute approximate surface area is 119 Å². The second kappa shape index (κ2) is 7.05. The fourth-order valence-electron chi connectivity index (χ4n) is 3.71. The van der Waals surface area contributed by atoms with Crippen LogP contribution in [0.4, 0.5) is 0 Å². The third-order valence-corrected chi connectivity index (χ3v) is 5.17. The molecular weight excluding hydrogens is 234 g/mol. The third-order valence-electron chi connectivity index (χ3n) is 5.17. The molecule has 2 rings (SSSR count). The number of hydrogen-bond acceptors (Lipinski definition) is 3. The normalized spacial score (nSPS) is 34.9. The highest BCUT2D eigenvalue weighted by Crippen LogP contribution is 2.23. The summed E-state index contributed by atoms with van der Waals surface area (Å²) in [5.41, 5.74) is 0. The lowest BCUT2D eigenvalue weighted by molar-refractivity contribution is 0.0279. The van der Waals surface area contributed by atoms with E-state index in [-0.39, 0.29) is 0 Å². The number of hydrogen-bond donors (Lipinski definition) is 1. The largest absolute Gasteiger partial charge is 0.311 e. The van der Waals surface area contributed by atoms with Gasteiger partial charge in [0.2, 0.25) is 0 Å². The van der Waals surface area contributed by atoms with Crippen molar-refractivity contribution >= 4 is 0 Å². The van der Waals surface area contributed by atoms with E-state index in [0.717, 1.165) is 18.0 Å². The lowest BCUT2D eigenvalue weighted by atomic mass is 9.94. The lowest BCUT2D eigenvalue weighted by Gasteiger charge is -2.48. The fourth-order valence-corrected chi connectivity index (χ4v) is 3.71. The van der Waals surface area contributed by atoms with Crippen molar-refractivity contribution in [3.63, 3.8) is 0 Å². The zero-order valence-corrected chi connectivity index (χ0v) is 13.4. The maximum atomic E-state index is 3.76. The Morgan fingerprint density at radius 3 is 2.63 bits per heavy atom. The Balaban J connectivity index is 2.00. The summed E-state index contributed by atoms with van der Waals surface area (Å²) in [6, 6.07) is 2.22. The van der Waals surface area contributed by atoms with Gasteiger partial charge in [-0.05, 0) is 38.3 Å². The molecule has 3 atom stereocenters. The average Bonchev–Trinajstić information content (AvgIpc) is 2.46. The first-order valence-corrected chi connectivity index (χ1v) is 8.37. The van der Waals surface area contributed by atoms with Crippen molar-refractivity contribution in [1.29, 1.82) is 0 Å². The predicted molar refractivity (Wildman–Crippen MR) is 82.5 cm³/mol. The van der Waals surface area contributed by atoms with Crippen LogP contribution in [0.25, 0.3) is 0 Å². The molecule has 0 aliphatic carbocycles. The van der Waals surface area contributed by atoms with Crippen LogP contribution in [0.15, 0.2) is 0 Å². The van der Waals surface area contributed by atoms with Gasteiger partial charge in [-0.3, -0.25) is 4.90 Å². The topological polar surface area (TPSA) is 18.5 Å². The molecule has 2 heterocycles. The van der Waals surface area contributed by atoms with E-state index < -0.39 is 0 Å². The number of rotatable bonds is 4. The van der Waals surface area contributed by atoms with Crippen LogP contribution in [0.3, 0.4) is 0 Å². The number of nitrogens with zero attached hydrogens (tertiary/aromatic N) is 2. The highest BCUT2D eigenvalue weighted by atomic mass is 15.3. The molecule has 1 N–H and O–H groups in total. The third kappa shape index (κ3) is 3.71. The number of piperazine rings is 1. The first kappa shape index (κ1) is 15.3. The van der Waals surface area contributed by atoms with E-state index in [4.69, 9.17) is 0 Å². The minimum absolute atomic E-state index is 0.680. The van der Waals surface area contributed by atoms with Crippen LogP contribution in [0.5, 0.6) is 0 Å². The maximum Gasteiger partial charge on any atom is 0.0227 e. The van der Waals surface area contributed by atoms with Gasteiger partial charge >= 0.3 is 0 Å². The number of piperidine rings is 1. The fraction of sp³-hybridized carbons (Fsp3) is 1.00. The van der Waals surface area contributed by atoms with Gasteiger partial charge in [0.1, 0.15) is 0 Å². The Kier molecular flexibility index (Phi) is 5.67. The maximum absolute atomic E-state index is 3.76. The molecule has 0 aromatic rings. The molecule has 0 spiro atoms. The molecule has 2 aliphatic heterocycles. The van der Waals surface area contributed by atoms with Crippen LogP contribution < -0.4 is 5.32 Å². The van der Waals surface area contributed by atoms with Crippen molar-refractivity contribution in [2.45, 2.75) is 65.1 Å². The molecule has 0 aromatic heterocycles. The molecule has 112 valence electrons. The minimum atomic E-state index is 0.680. The molecule has 19 heavy (non-hydrogen) atoms. The van der Waals surface area contributed by atoms with Gasteiger partial charge in [0.05, 0.1) is 0 Å². The van der Waals surface area contributed by atoms with Gasteiger partial charge in [-0.1, -0.05) is 27.7 Å². The van der Waals surface area contributed by atoms with Crippen molar-refractivity contribution in [2.75, 3.05) is 32.7 Å². The van der Waals surface area contributed by atoms with E-state index in [9.17, 15) is 0 Å². The second-order valence-corrected chi connectivity index (χ2v) is 6.71. The molecule has 0 radical (unpaired) electrons. The van der Waals surface area contributed by atoms with E-state index in [1.807, 2.05) is 0 Å². The van der Waals surface area contributed by atoms with E-state index in [0.29, 0.717) is 6.04 Å². The summed E-state index contributed by atoms with van der Waals surface area (Å²) >= 11 is 0. The van der Waals surface area contributed by atoms with Gasteiger partial charge in [-0.25, -0.2) is 0 Å². The summed E-state index contributed by atoms with van der Waals surface area (Å²) < 4.78 is 0. The molecule has 3 unspecified atom stereocenters. The Bertz CT molecular complexity index is 267. The van der Waals surface area contributed by atoms with E-state index in [1.54, 1.807) is 0 Å². The summed E-state index contributed by atoms with van der Waals surface area (Å²) in [5.74, 6) is 0.742. The molecule has 2 fully saturated rings. The van der Waals surface area contributed by atoms with Gasteiger partial charge in [0.15, 0.2) is 0 Å². The molecule has 0 saturated carbocycles. The quantitative estimate of drug-likeness (QED) is 0.842.